The van der Waals surface area contributed by atoms with Crippen LogP contribution in [0.4, 0.5) is 11.4 Å². The molecule has 0 aliphatic carbocycles. The van der Waals surface area contributed by atoms with Crippen LogP contribution in [0.15, 0.2) is 92.9 Å². The summed E-state index contributed by atoms with van der Waals surface area (Å²) in [5.41, 5.74) is 2.89. The van der Waals surface area contributed by atoms with Gasteiger partial charge in [0.15, 0.2) is 0 Å². The van der Waals surface area contributed by atoms with Crippen LogP contribution in [-0.4, -0.2) is 29.5 Å². The molecule has 0 spiro atoms. The first-order valence-electron chi connectivity index (χ1n) is 10.2. The van der Waals surface area contributed by atoms with Crippen LogP contribution >= 0.6 is 15.9 Å². The Balaban J connectivity index is 1.44. The molecule has 3 N–H and O–H groups in total. The van der Waals surface area contributed by atoms with Crippen molar-refractivity contribution in [1.29, 1.82) is 0 Å². The second-order valence-electron chi connectivity index (χ2n) is 7.16. The highest BCUT2D eigenvalue weighted by Crippen LogP contribution is 2.19. The molecule has 0 fully saturated rings. The summed E-state index contributed by atoms with van der Waals surface area (Å²) in [6.07, 6.45) is 1.53. The number of halogens is 1. The quantitative estimate of drug-likeness (QED) is 0.206. The van der Waals surface area contributed by atoms with Crippen LogP contribution in [0.1, 0.15) is 10.4 Å². The van der Waals surface area contributed by atoms with Crippen molar-refractivity contribution >= 4 is 62.9 Å². The number of anilines is 2. The summed E-state index contributed by atoms with van der Waals surface area (Å²) in [5, 5.41) is 9.89. The summed E-state index contributed by atoms with van der Waals surface area (Å²) < 4.78 is 0.859. The minimum absolute atomic E-state index is 0.0272. The first kappa shape index (κ1) is 23.5. The Morgan fingerprint density at radius 3 is 2.37 bits per heavy atom. The smallest absolute Gasteiger partial charge is 0.322 e. The predicted octanol–water partition coefficient (Wildman–Crippen LogP) is 1.91. The van der Waals surface area contributed by atoms with Crippen molar-refractivity contribution < 1.29 is 19.2 Å². The van der Waals surface area contributed by atoms with Gasteiger partial charge in [0, 0.05) is 21.2 Å². The number of rotatable bonds is 4. The molecule has 1 aliphatic heterocycles. The molecule has 10 heteroatoms. The molecule has 4 amide bonds. The van der Waals surface area contributed by atoms with Gasteiger partial charge in [-0.3, -0.25) is 19.2 Å². The lowest BCUT2D eigenvalue weighted by molar-refractivity contribution is -0.136. The number of hydrogen-bond acceptors (Lipinski definition) is 5. The van der Waals surface area contributed by atoms with E-state index in [1.807, 2.05) is 5.43 Å². The Labute approximate surface area is 207 Å². The maximum atomic E-state index is 12.7. The second-order valence-corrected chi connectivity index (χ2v) is 8.07. The van der Waals surface area contributed by atoms with Crippen LogP contribution in [0.3, 0.4) is 0 Å². The average Bonchev–Trinajstić information content (AvgIpc) is 2.86. The lowest BCUT2D eigenvalue weighted by atomic mass is 10.1. The van der Waals surface area contributed by atoms with E-state index in [1.165, 1.54) is 18.2 Å². The Hall–Kier alpha value is -4.66. The van der Waals surface area contributed by atoms with Crippen LogP contribution in [0, 0.1) is 0 Å². The zero-order valence-corrected chi connectivity index (χ0v) is 19.5. The first-order valence-corrected chi connectivity index (χ1v) is 11.0. The standard InChI is InChI=1S/C25H16BrN5O4/c26-17-9-11-18(12-10-17)28-23(33)19-6-2-4-8-21(19)30-24(34)25(35)31-27-14-16-13-15-5-1-3-7-20(15)29-22(16)32/h1-13H,(H,28,33)(H,30,34)(H,31,35). The van der Waals surface area contributed by atoms with Crippen LogP contribution in [0.2, 0.25) is 0 Å². The summed E-state index contributed by atoms with van der Waals surface area (Å²) in [5.74, 6) is -0.823. The topological polar surface area (TPSA) is 129 Å². The van der Waals surface area contributed by atoms with Crippen LogP contribution in [-0.2, 0) is 14.4 Å². The van der Waals surface area contributed by atoms with Crippen LogP contribution in [0.5, 0.6) is 0 Å². The highest BCUT2D eigenvalue weighted by atomic mass is 79.9. The Morgan fingerprint density at radius 2 is 1.57 bits per heavy atom. The maximum Gasteiger partial charge on any atom is 0.330 e. The minimum atomic E-state index is -1.11. The predicted molar refractivity (Wildman–Crippen MR) is 133 cm³/mol. The number of hydrogen-bond donors (Lipinski definition) is 3. The number of fused-ring (bicyclic) bond motifs is 1. The first-order chi connectivity index (χ1) is 16.9. The van der Waals surface area contributed by atoms with Gasteiger partial charge in [0.2, 0.25) is 0 Å². The van der Waals surface area contributed by atoms with Crippen molar-refractivity contribution in [3.63, 3.8) is 0 Å². The molecule has 1 heterocycles. The summed E-state index contributed by atoms with van der Waals surface area (Å²) in [6.45, 7) is 0. The van der Waals surface area contributed by atoms with Gasteiger partial charge >= 0.3 is 11.8 Å². The zero-order valence-electron chi connectivity index (χ0n) is 17.9. The van der Waals surface area contributed by atoms with Crippen LogP contribution < -0.4 is 26.6 Å². The molecule has 0 aromatic heterocycles. The van der Waals surface area contributed by atoms with Crippen molar-refractivity contribution in [2.45, 2.75) is 0 Å². The molecule has 0 saturated carbocycles. The largest absolute Gasteiger partial charge is 0.330 e. The number of para-hydroxylation sites is 2. The van der Waals surface area contributed by atoms with Gasteiger partial charge in [0.25, 0.3) is 11.8 Å². The minimum Gasteiger partial charge on any atom is -0.322 e. The molecule has 0 atom stereocenters. The highest BCUT2D eigenvalue weighted by Gasteiger charge is 2.18. The van der Waals surface area contributed by atoms with Crippen molar-refractivity contribution in [2.24, 2.45) is 10.1 Å². The number of nitrogens with zero attached hydrogens (tertiary/aromatic N) is 2. The lowest BCUT2D eigenvalue weighted by Crippen LogP contribution is -2.33. The molecule has 35 heavy (non-hydrogen) atoms. The van der Waals surface area contributed by atoms with E-state index in [1.54, 1.807) is 60.7 Å². The SMILES string of the molecule is O=C1N=c2ccccc2=CC1=C=NNC(=O)C(=O)Nc1ccccc1C(=O)Nc1ccc(Br)cc1. The normalized spacial score (nSPS) is 11.7. The van der Waals surface area contributed by atoms with E-state index in [9.17, 15) is 19.2 Å². The third-order valence-corrected chi connectivity index (χ3v) is 5.28. The van der Waals surface area contributed by atoms with E-state index < -0.39 is 23.6 Å². The fourth-order valence-electron chi connectivity index (χ4n) is 3.07. The van der Waals surface area contributed by atoms with Gasteiger partial charge in [0.1, 0.15) is 5.57 Å². The van der Waals surface area contributed by atoms with Crippen molar-refractivity contribution in [3.05, 3.63) is 99.0 Å². The van der Waals surface area contributed by atoms with Gasteiger partial charge < -0.3 is 10.6 Å². The average molecular weight is 530 g/mol. The molecule has 172 valence electrons. The summed E-state index contributed by atoms with van der Waals surface area (Å²) >= 11 is 3.32. The molecule has 0 unspecified atom stereocenters. The van der Waals surface area contributed by atoms with E-state index in [4.69, 9.17) is 0 Å². The van der Waals surface area contributed by atoms with Gasteiger partial charge in [-0.05, 0) is 48.5 Å². The molecule has 9 nitrogen and oxygen atoms in total. The fraction of sp³-hybridized carbons (Fsp3) is 0. The fourth-order valence-corrected chi connectivity index (χ4v) is 3.33. The molecule has 3 aromatic carbocycles. The molecule has 1 aliphatic rings. The maximum absolute atomic E-state index is 12.7. The third-order valence-electron chi connectivity index (χ3n) is 4.75. The van der Waals surface area contributed by atoms with Gasteiger partial charge in [-0.15, -0.1) is 5.10 Å². The van der Waals surface area contributed by atoms with E-state index in [0.717, 1.165) is 4.47 Å². The third kappa shape index (κ3) is 5.83. The Bertz CT molecular complexity index is 1540. The van der Waals surface area contributed by atoms with Crippen molar-refractivity contribution in [2.75, 3.05) is 10.6 Å². The molecule has 4 rings (SSSR count). The van der Waals surface area contributed by atoms with Crippen LogP contribution in [0.25, 0.3) is 6.08 Å². The van der Waals surface area contributed by atoms with Gasteiger partial charge in [-0.2, -0.15) is 0 Å². The van der Waals surface area contributed by atoms with Gasteiger partial charge in [-0.25, -0.2) is 10.4 Å². The number of carbonyl (C=O) groups excluding carboxylic acids is 4. The molecule has 0 saturated heterocycles. The van der Waals surface area contributed by atoms with E-state index >= 15 is 0 Å². The Kier molecular flexibility index (Phi) is 7.06. The van der Waals surface area contributed by atoms with Crippen molar-refractivity contribution in [3.8, 4) is 0 Å². The molecule has 0 bridgehead atoms. The van der Waals surface area contributed by atoms with E-state index in [2.05, 4.69) is 42.5 Å². The number of amides is 4. The molecular formula is C25H16BrN5O4. The summed E-state index contributed by atoms with van der Waals surface area (Å²) in [6, 6.07) is 20.2. The second kappa shape index (κ2) is 10.5. The van der Waals surface area contributed by atoms with E-state index in [0.29, 0.717) is 16.3 Å². The Morgan fingerprint density at radius 1 is 0.857 bits per heavy atom. The number of hydrazone groups is 1. The monoisotopic (exact) mass is 529 g/mol. The molecule has 3 aromatic rings. The molecular weight excluding hydrogens is 514 g/mol. The van der Waals surface area contributed by atoms with Gasteiger partial charge in [-0.1, -0.05) is 46.3 Å². The summed E-state index contributed by atoms with van der Waals surface area (Å²) in [7, 11) is 0. The van der Waals surface area contributed by atoms with E-state index in [-0.39, 0.29) is 16.8 Å². The highest BCUT2D eigenvalue weighted by molar-refractivity contribution is 9.10. The number of carbonyl (C=O) groups is 4. The summed E-state index contributed by atoms with van der Waals surface area (Å²) in [4.78, 5) is 53.2. The lowest BCUT2D eigenvalue weighted by Gasteiger charge is -2.11. The van der Waals surface area contributed by atoms with Gasteiger partial charge in [0.05, 0.1) is 16.6 Å². The van der Waals surface area contributed by atoms with Crippen molar-refractivity contribution in [1.82, 2.24) is 5.43 Å². The molecule has 0 radical (unpaired) electrons. The number of nitrogens with one attached hydrogen (secondary N) is 3. The number of benzene rings is 3. The zero-order chi connectivity index (χ0) is 24.8.